The lowest BCUT2D eigenvalue weighted by Crippen LogP contribution is -2.42. The zero-order valence-electron chi connectivity index (χ0n) is 13.8. The number of likely N-dealkylation sites (N-methyl/N-ethyl adjacent to an activating group) is 1. The first kappa shape index (κ1) is 17.3. The van der Waals surface area contributed by atoms with Crippen molar-refractivity contribution in [2.75, 3.05) is 39.8 Å². The number of nitrogens with one attached hydrogen (secondary N) is 1. The molecule has 0 spiro atoms. The molecule has 0 saturated carbocycles. The van der Waals surface area contributed by atoms with Crippen LogP contribution in [0.5, 0.6) is 0 Å². The minimum atomic E-state index is -0.783. The first-order chi connectivity index (χ1) is 11.5. The lowest BCUT2D eigenvalue weighted by molar-refractivity contribution is -0.125. The van der Waals surface area contributed by atoms with Crippen molar-refractivity contribution >= 4 is 23.3 Å². The number of hydrogen-bond donors (Lipinski definition) is 1. The smallest absolute Gasteiger partial charge is 0.324 e. The molecule has 2 aliphatic heterocycles. The Morgan fingerprint density at radius 2 is 2.29 bits per heavy atom. The highest BCUT2D eigenvalue weighted by molar-refractivity contribution is 7.09. The number of amides is 3. The Hall–Kier alpha value is -1.51. The minimum Gasteiger partial charge on any atom is -0.329 e. The molecular formula is C16H23FN4O2S. The number of rotatable bonds is 7. The van der Waals surface area contributed by atoms with E-state index in [9.17, 15) is 14.0 Å². The second-order valence-corrected chi connectivity index (χ2v) is 7.49. The molecule has 0 aromatic carbocycles. The Morgan fingerprint density at radius 3 is 2.96 bits per heavy atom. The van der Waals surface area contributed by atoms with E-state index in [0.29, 0.717) is 26.1 Å². The van der Waals surface area contributed by atoms with Crippen molar-refractivity contribution in [1.29, 1.82) is 0 Å². The second-order valence-electron chi connectivity index (χ2n) is 6.46. The van der Waals surface area contributed by atoms with Crippen LogP contribution in [-0.4, -0.2) is 78.6 Å². The normalized spacial score (nSPS) is 25.0. The van der Waals surface area contributed by atoms with Gasteiger partial charge in [-0.15, -0.1) is 11.3 Å². The largest absolute Gasteiger partial charge is 0.329 e. The number of likely N-dealkylation sites (tertiary alicyclic amines) is 1. The molecule has 1 N–H and O–H groups in total. The monoisotopic (exact) mass is 354 g/mol. The second kappa shape index (κ2) is 7.58. The van der Waals surface area contributed by atoms with Gasteiger partial charge in [0.05, 0.1) is 6.54 Å². The van der Waals surface area contributed by atoms with Gasteiger partial charge in [0.25, 0.3) is 0 Å². The SMILES string of the molecule is CN(CCN1C(=O)CNC1=O)C[C@@H]1C[C@H](F)CN1Cc1cccs1. The molecule has 1 aromatic heterocycles. The summed E-state index contributed by atoms with van der Waals surface area (Å²) in [6.07, 6.45) is -0.243. The van der Waals surface area contributed by atoms with Crippen LogP contribution < -0.4 is 5.32 Å². The lowest BCUT2D eigenvalue weighted by Gasteiger charge is -2.28. The van der Waals surface area contributed by atoms with Gasteiger partial charge in [-0.25, -0.2) is 9.18 Å². The number of carbonyl (C=O) groups excluding carboxylic acids is 2. The molecule has 2 aliphatic rings. The summed E-state index contributed by atoms with van der Waals surface area (Å²) in [6.45, 7) is 3.04. The van der Waals surface area contributed by atoms with Gasteiger partial charge in [0, 0.05) is 43.6 Å². The molecule has 3 amide bonds. The van der Waals surface area contributed by atoms with Crippen LogP contribution in [0.1, 0.15) is 11.3 Å². The third kappa shape index (κ3) is 4.12. The molecular weight excluding hydrogens is 331 g/mol. The van der Waals surface area contributed by atoms with Crippen LogP contribution in [0.25, 0.3) is 0 Å². The van der Waals surface area contributed by atoms with E-state index in [0.717, 1.165) is 13.1 Å². The van der Waals surface area contributed by atoms with Crippen molar-refractivity contribution < 1.29 is 14.0 Å². The molecule has 3 rings (SSSR count). The molecule has 0 aliphatic carbocycles. The number of hydrogen-bond acceptors (Lipinski definition) is 5. The fraction of sp³-hybridized carbons (Fsp3) is 0.625. The average Bonchev–Trinajstić information content (AvgIpc) is 3.22. The van der Waals surface area contributed by atoms with E-state index < -0.39 is 6.17 Å². The molecule has 132 valence electrons. The molecule has 24 heavy (non-hydrogen) atoms. The quantitative estimate of drug-likeness (QED) is 0.746. The van der Waals surface area contributed by atoms with Crippen LogP contribution in [-0.2, 0) is 11.3 Å². The van der Waals surface area contributed by atoms with Crippen molar-refractivity contribution in [3.8, 4) is 0 Å². The van der Waals surface area contributed by atoms with Gasteiger partial charge < -0.3 is 10.2 Å². The molecule has 0 bridgehead atoms. The molecule has 3 heterocycles. The maximum absolute atomic E-state index is 13.9. The van der Waals surface area contributed by atoms with Gasteiger partial charge in [-0.1, -0.05) is 6.07 Å². The summed E-state index contributed by atoms with van der Waals surface area (Å²) in [7, 11) is 1.95. The number of urea groups is 1. The predicted molar refractivity (Wildman–Crippen MR) is 90.6 cm³/mol. The molecule has 2 saturated heterocycles. The summed E-state index contributed by atoms with van der Waals surface area (Å²) in [6, 6.07) is 3.93. The molecule has 0 unspecified atom stereocenters. The number of nitrogens with zero attached hydrogens (tertiary/aromatic N) is 3. The topological polar surface area (TPSA) is 55.9 Å². The van der Waals surface area contributed by atoms with Gasteiger partial charge in [0.15, 0.2) is 0 Å². The number of halogens is 1. The highest BCUT2D eigenvalue weighted by Crippen LogP contribution is 2.24. The molecule has 8 heteroatoms. The van der Waals surface area contributed by atoms with Gasteiger partial charge in [-0.05, 0) is 24.9 Å². The minimum absolute atomic E-state index is 0.0866. The molecule has 2 atom stereocenters. The van der Waals surface area contributed by atoms with Crippen molar-refractivity contribution in [2.45, 2.75) is 25.2 Å². The summed E-state index contributed by atoms with van der Waals surface area (Å²) < 4.78 is 13.9. The van der Waals surface area contributed by atoms with E-state index in [4.69, 9.17) is 0 Å². The highest BCUT2D eigenvalue weighted by atomic mass is 32.1. The summed E-state index contributed by atoms with van der Waals surface area (Å²) in [4.78, 5) is 29.9. The van der Waals surface area contributed by atoms with Crippen molar-refractivity contribution in [2.24, 2.45) is 0 Å². The summed E-state index contributed by atoms with van der Waals surface area (Å²) in [5.74, 6) is -0.183. The van der Waals surface area contributed by atoms with Crippen LogP contribution in [0.15, 0.2) is 17.5 Å². The molecule has 6 nitrogen and oxygen atoms in total. The lowest BCUT2D eigenvalue weighted by atomic mass is 10.2. The van der Waals surface area contributed by atoms with Crippen LogP contribution in [0.3, 0.4) is 0 Å². The fourth-order valence-electron chi connectivity index (χ4n) is 3.31. The average molecular weight is 354 g/mol. The van der Waals surface area contributed by atoms with E-state index in [1.54, 1.807) is 11.3 Å². The van der Waals surface area contributed by atoms with E-state index in [2.05, 4.69) is 21.2 Å². The predicted octanol–water partition coefficient (Wildman–Crippen LogP) is 1.14. The van der Waals surface area contributed by atoms with Crippen molar-refractivity contribution in [3.05, 3.63) is 22.4 Å². The zero-order valence-corrected chi connectivity index (χ0v) is 14.6. The van der Waals surface area contributed by atoms with Crippen LogP contribution >= 0.6 is 11.3 Å². The maximum atomic E-state index is 13.9. The zero-order chi connectivity index (χ0) is 17.1. The van der Waals surface area contributed by atoms with Gasteiger partial charge >= 0.3 is 6.03 Å². The number of carbonyl (C=O) groups is 2. The van der Waals surface area contributed by atoms with Crippen molar-refractivity contribution in [1.82, 2.24) is 20.0 Å². The summed E-state index contributed by atoms with van der Waals surface area (Å²) >= 11 is 1.69. The van der Waals surface area contributed by atoms with E-state index in [1.807, 2.05) is 18.5 Å². The summed E-state index contributed by atoms with van der Waals surface area (Å²) in [5.41, 5.74) is 0. The van der Waals surface area contributed by atoms with Gasteiger partial charge in [0.1, 0.15) is 6.17 Å². The van der Waals surface area contributed by atoms with Crippen LogP contribution in [0.4, 0.5) is 9.18 Å². The third-order valence-corrected chi connectivity index (χ3v) is 5.44. The first-order valence-corrected chi connectivity index (χ1v) is 9.08. The molecule has 0 radical (unpaired) electrons. The third-order valence-electron chi connectivity index (χ3n) is 4.58. The Kier molecular flexibility index (Phi) is 5.47. The van der Waals surface area contributed by atoms with Gasteiger partial charge in [-0.3, -0.25) is 14.6 Å². The molecule has 1 aromatic rings. The van der Waals surface area contributed by atoms with Crippen LogP contribution in [0, 0.1) is 0 Å². The Labute approximate surface area is 145 Å². The van der Waals surface area contributed by atoms with E-state index in [1.165, 1.54) is 9.78 Å². The maximum Gasteiger partial charge on any atom is 0.324 e. The Balaban J connectivity index is 1.49. The molecule has 2 fully saturated rings. The Bertz CT molecular complexity index is 567. The highest BCUT2D eigenvalue weighted by Gasteiger charge is 2.33. The van der Waals surface area contributed by atoms with Gasteiger partial charge in [0.2, 0.25) is 5.91 Å². The first-order valence-electron chi connectivity index (χ1n) is 8.20. The van der Waals surface area contributed by atoms with Crippen molar-refractivity contribution in [3.63, 3.8) is 0 Å². The summed E-state index contributed by atoms with van der Waals surface area (Å²) in [5, 5.41) is 4.56. The van der Waals surface area contributed by atoms with Gasteiger partial charge in [-0.2, -0.15) is 0 Å². The van der Waals surface area contributed by atoms with Crippen LogP contribution in [0.2, 0.25) is 0 Å². The van der Waals surface area contributed by atoms with E-state index in [-0.39, 0.29) is 24.5 Å². The standard InChI is InChI=1S/C16H23FN4O2S/c1-19(4-5-21-15(22)8-18-16(21)23)10-13-7-12(17)9-20(13)11-14-3-2-6-24-14/h2-3,6,12-13H,4-5,7-11H2,1H3,(H,18,23)/t12-,13-/m0/s1. The number of thiophene rings is 1. The fourth-order valence-corrected chi connectivity index (χ4v) is 4.04. The number of alkyl halides is 1. The number of imide groups is 1. The van der Waals surface area contributed by atoms with E-state index >= 15 is 0 Å². The Morgan fingerprint density at radius 1 is 1.46 bits per heavy atom.